The van der Waals surface area contributed by atoms with E-state index in [1.165, 1.54) is 0 Å². The Balaban J connectivity index is 2.32. The Morgan fingerprint density at radius 1 is 1.14 bits per heavy atom. The van der Waals surface area contributed by atoms with Crippen LogP contribution in [0.4, 0.5) is 5.95 Å². The van der Waals surface area contributed by atoms with Crippen molar-refractivity contribution in [1.29, 1.82) is 0 Å². The lowest BCUT2D eigenvalue weighted by molar-refractivity contribution is 0.355. The summed E-state index contributed by atoms with van der Waals surface area (Å²) in [5.74, 6) is 1.65. The molecule has 0 aliphatic rings. The van der Waals surface area contributed by atoms with E-state index in [-0.39, 0.29) is 0 Å². The van der Waals surface area contributed by atoms with Crippen LogP contribution in [0.15, 0.2) is 18.3 Å². The first-order chi connectivity index (χ1) is 10.0. The maximum atomic E-state index is 6.08. The van der Waals surface area contributed by atoms with Gasteiger partial charge in [-0.15, -0.1) is 0 Å². The fourth-order valence-electron chi connectivity index (χ4n) is 2.48. The lowest BCUT2D eigenvalue weighted by Gasteiger charge is -2.09. The van der Waals surface area contributed by atoms with Crippen molar-refractivity contribution in [1.82, 2.24) is 19.3 Å². The first kappa shape index (κ1) is 13.3. The highest BCUT2D eigenvalue weighted by Crippen LogP contribution is 2.34. The lowest BCUT2D eigenvalue weighted by atomic mass is 10.2. The number of imidazole rings is 1. The van der Waals surface area contributed by atoms with Gasteiger partial charge in [0.05, 0.1) is 36.6 Å². The molecule has 0 spiro atoms. The molecule has 1 aromatic carbocycles. The number of nitrogens with zero attached hydrogens (tertiary/aromatic N) is 4. The molecule has 0 atom stereocenters. The highest BCUT2D eigenvalue weighted by molar-refractivity contribution is 5.84. The number of benzene rings is 1. The quantitative estimate of drug-likeness (QED) is 0.792. The van der Waals surface area contributed by atoms with Gasteiger partial charge in [-0.2, -0.15) is 5.10 Å². The number of hydrogen-bond acceptors (Lipinski definition) is 5. The predicted molar refractivity (Wildman–Crippen MR) is 80.1 cm³/mol. The van der Waals surface area contributed by atoms with Crippen LogP contribution in [-0.4, -0.2) is 33.6 Å². The van der Waals surface area contributed by atoms with Gasteiger partial charge in [0.2, 0.25) is 5.95 Å². The molecule has 0 aliphatic heterocycles. The number of ether oxygens (including phenoxy) is 2. The molecule has 2 aromatic heterocycles. The molecule has 7 heteroatoms. The van der Waals surface area contributed by atoms with E-state index in [1.807, 2.05) is 36.9 Å². The molecule has 0 unspecified atom stereocenters. The van der Waals surface area contributed by atoms with Crippen molar-refractivity contribution in [3.63, 3.8) is 0 Å². The number of nitrogens with two attached hydrogens (primary N) is 1. The normalized spacial score (nSPS) is 11.0. The number of hydrogen-bond donors (Lipinski definition) is 1. The second-order valence-corrected chi connectivity index (χ2v) is 4.77. The van der Waals surface area contributed by atoms with Crippen molar-refractivity contribution in [2.45, 2.75) is 6.92 Å². The first-order valence-corrected chi connectivity index (χ1v) is 6.45. The third kappa shape index (κ3) is 1.97. The number of aromatic nitrogens is 4. The summed E-state index contributed by atoms with van der Waals surface area (Å²) in [6.07, 6.45) is 1.91. The Morgan fingerprint density at radius 3 is 2.38 bits per heavy atom. The molecule has 0 saturated heterocycles. The number of anilines is 1. The summed E-state index contributed by atoms with van der Waals surface area (Å²) in [5, 5.41) is 4.35. The molecule has 2 N–H and O–H groups in total. The predicted octanol–water partition coefficient (Wildman–Crippen LogP) is 1.67. The third-order valence-electron chi connectivity index (χ3n) is 3.41. The lowest BCUT2D eigenvalue weighted by Crippen LogP contribution is -2.01. The summed E-state index contributed by atoms with van der Waals surface area (Å²) in [7, 11) is 5.06. The number of methoxy groups -OCH3 is 2. The van der Waals surface area contributed by atoms with Crippen molar-refractivity contribution >= 4 is 17.0 Å². The van der Waals surface area contributed by atoms with Gasteiger partial charge in [0.25, 0.3) is 0 Å². The molecule has 0 radical (unpaired) electrons. The molecule has 3 rings (SSSR count). The van der Waals surface area contributed by atoms with Crippen LogP contribution in [0.1, 0.15) is 5.69 Å². The standard InChI is InChI=1S/C14H17N5O2/c1-8-11(7-18(2)17-8)19-10-6-13(21-4)12(20-3)5-9(10)16-14(19)15/h5-7H,1-4H3,(H2,15,16). The summed E-state index contributed by atoms with van der Waals surface area (Å²) in [4.78, 5) is 4.39. The van der Waals surface area contributed by atoms with Crippen LogP contribution in [0.2, 0.25) is 0 Å². The summed E-state index contributed by atoms with van der Waals surface area (Å²) < 4.78 is 14.3. The summed E-state index contributed by atoms with van der Waals surface area (Å²) >= 11 is 0. The summed E-state index contributed by atoms with van der Waals surface area (Å²) in [6.45, 7) is 1.93. The zero-order valence-corrected chi connectivity index (χ0v) is 12.4. The molecular formula is C14H17N5O2. The largest absolute Gasteiger partial charge is 0.493 e. The highest BCUT2D eigenvalue weighted by atomic mass is 16.5. The minimum absolute atomic E-state index is 0.399. The van der Waals surface area contributed by atoms with Crippen molar-refractivity contribution < 1.29 is 9.47 Å². The average Bonchev–Trinajstić information content (AvgIpc) is 2.94. The second-order valence-electron chi connectivity index (χ2n) is 4.77. The van der Waals surface area contributed by atoms with Gasteiger partial charge in [-0.25, -0.2) is 4.98 Å². The van der Waals surface area contributed by atoms with Crippen molar-refractivity contribution in [2.75, 3.05) is 20.0 Å². The van der Waals surface area contributed by atoms with Crippen LogP contribution in [0.3, 0.4) is 0 Å². The SMILES string of the molecule is COc1cc2nc(N)n(-c3cn(C)nc3C)c2cc1OC. The topological polar surface area (TPSA) is 80.1 Å². The molecular weight excluding hydrogens is 270 g/mol. The van der Waals surface area contributed by atoms with E-state index in [4.69, 9.17) is 15.2 Å². The second kappa shape index (κ2) is 4.69. The van der Waals surface area contributed by atoms with Crippen LogP contribution in [0.25, 0.3) is 16.7 Å². The number of rotatable bonds is 3. The minimum atomic E-state index is 0.399. The number of aryl methyl sites for hydroxylation is 2. The van der Waals surface area contributed by atoms with Crippen LogP contribution >= 0.6 is 0 Å². The molecule has 3 aromatic rings. The molecule has 0 aliphatic carbocycles. The van der Waals surface area contributed by atoms with E-state index in [2.05, 4.69) is 10.1 Å². The maximum Gasteiger partial charge on any atom is 0.206 e. The van der Waals surface area contributed by atoms with Crippen molar-refractivity contribution in [2.24, 2.45) is 7.05 Å². The smallest absolute Gasteiger partial charge is 0.206 e. The van der Waals surface area contributed by atoms with E-state index >= 15 is 0 Å². The van der Waals surface area contributed by atoms with Crippen LogP contribution < -0.4 is 15.2 Å². The van der Waals surface area contributed by atoms with Gasteiger partial charge in [0.15, 0.2) is 11.5 Å². The van der Waals surface area contributed by atoms with Crippen LogP contribution in [0, 0.1) is 6.92 Å². The van der Waals surface area contributed by atoms with E-state index < -0.39 is 0 Å². The molecule has 21 heavy (non-hydrogen) atoms. The molecule has 110 valence electrons. The first-order valence-electron chi connectivity index (χ1n) is 6.45. The zero-order chi connectivity index (χ0) is 15.1. The van der Waals surface area contributed by atoms with Crippen LogP contribution in [-0.2, 0) is 7.05 Å². The highest BCUT2D eigenvalue weighted by Gasteiger charge is 2.17. The molecule has 0 bridgehead atoms. The third-order valence-corrected chi connectivity index (χ3v) is 3.41. The molecule has 7 nitrogen and oxygen atoms in total. The average molecular weight is 287 g/mol. The Bertz CT molecular complexity index is 818. The van der Waals surface area contributed by atoms with Gasteiger partial charge < -0.3 is 15.2 Å². The fraction of sp³-hybridized carbons (Fsp3) is 0.286. The monoisotopic (exact) mass is 287 g/mol. The number of nitrogen functional groups attached to an aromatic ring is 1. The minimum Gasteiger partial charge on any atom is -0.493 e. The van der Waals surface area contributed by atoms with Crippen molar-refractivity contribution in [3.8, 4) is 17.2 Å². The van der Waals surface area contributed by atoms with Crippen molar-refractivity contribution in [3.05, 3.63) is 24.0 Å². The van der Waals surface area contributed by atoms with Gasteiger partial charge >= 0.3 is 0 Å². The van der Waals surface area contributed by atoms with E-state index in [0.717, 1.165) is 22.4 Å². The number of fused-ring (bicyclic) bond motifs is 1. The summed E-state index contributed by atoms with van der Waals surface area (Å²) in [5.41, 5.74) is 9.44. The van der Waals surface area contributed by atoms with Gasteiger partial charge in [0, 0.05) is 25.4 Å². The molecule has 0 fully saturated rings. The maximum absolute atomic E-state index is 6.08. The van der Waals surface area contributed by atoms with E-state index in [9.17, 15) is 0 Å². The zero-order valence-electron chi connectivity index (χ0n) is 12.4. The molecule has 2 heterocycles. The Hall–Kier alpha value is -2.70. The van der Waals surface area contributed by atoms with E-state index in [1.54, 1.807) is 18.9 Å². The Labute approximate surface area is 121 Å². The summed E-state index contributed by atoms with van der Waals surface area (Å²) in [6, 6.07) is 3.68. The van der Waals surface area contributed by atoms with E-state index in [0.29, 0.717) is 17.4 Å². The molecule has 0 amide bonds. The Morgan fingerprint density at radius 2 is 1.81 bits per heavy atom. The van der Waals surface area contributed by atoms with Crippen LogP contribution in [0.5, 0.6) is 11.5 Å². The van der Waals surface area contributed by atoms with Gasteiger partial charge in [-0.3, -0.25) is 9.25 Å². The Kier molecular flexibility index (Phi) is 2.97. The van der Waals surface area contributed by atoms with Gasteiger partial charge in [0.1, 0.15) is 0 Å². The van der Waals surface area contributed by atoms with Gasteiger partial charge in [-0.05, 0) is 6.92 Å². The fourth-order valence-corrected chi connectivity index (χ4v) is 2.48. The molecule has 0 saturated carbocycles. The van der Waals surface area contributed by atoms with Gasteiger partial charge in [-0.1, -0.05) is 0 Å².